The van der Waals surface area contributed by atoms with E-state index in [1.807, 2.05) is 0 Å². The van der Waals surface area contributed by atoms with Crippen LogP contribution in [0.2, 0.25) is 0 Å². The summed E-state index contributed by atoms with van der Waals surface area (Å²) in [5.41, 5.74) is -0.477. The molecule has 0 atom stereocenters. The van der Waals surface area contributed by atoms with Gasteiger partial charge in [0.2, 0.25) is 0 Å². The molecule has 1 saturated carbocycles. The van der Waals surface area contributed by atoms with E-state index in [-0.39, 0.29) is 17.1 Å². The molecule has 1 aliphatic rings. The number of carbonyl (C=O) groups is 1. The molecule has 0 radical (unpaired) electrons. The van der Waals surface area contributed by atoms with Crippen molar-refractivity contribution in [3.8, 4) is 0 Å². The first kappa shape index (κ1) is 14.2. The van der Waals surface area contributed by atoms with Gasteiger partial charge >= 0.3 is 5.97 Å². The molecule has 20 heavy (non-hydrogen) atoms. The van der Waals surface area contributed by atoms with Gasteiger partial charge in [-0.05, 0) is 12.3 Å². The minimum Gasteiger partial charge on any atom is -0.478 e. The Labute approximate surface area is 116 Å². The van der Waals surface area contributed by atoms with Crippen LogP contribution in [0, 0.1) is 16.0 Å². The standard InChI is InChI=1S/C13H17N3O4/c17-13(18)11-7-10(16(19)20)8-15-12(11)14-6-5-9-3-1-2-4-9/h7-9H,1-6H2,(H,14,15)(H,17,18). The molecule has 7 nitrogen and oxygen atoms in total. The fraction of sp³-hybridized carbons (Fsp3) is 0.538. The van der Waals surface area contributed by atoms with Gasteiger partial charge in [-0.15, -0.1) is 0 Å². The molecule has 1 heterocycles. The molecule has 1 aromatic rings. The molecule has 0 bridgehead atoms. The lowest BCUT2D eigenvalue weighted by Gasteiger charge is -2.11. The largest absolute Gasteiger partial charge is 0.478 e. The molecule has 7 heteroatoms. The van der Waals surface area contributed by atoms with Crippen LogP contribution in [0.25, 0.3) is 0 Å². The molecule has 108 valence electrons. The fourth-order valence-corrected chi connectivity index (χ4v) is 2.55. The molecule has 0 amide bonds. The zero-order chi connectivity index (χ0) is 14.5. The summed E-state index contributed by atoms with van der Waals surface area (Å²) in [4.78, 5) is 24.9. The minimum absolute atomic E-state index is 0.161. The zero-order valence-corrected chi connectivity index (χ0v) is 11.0. The Morgan fingerprint density at radius 1 is 1.50 bits per heavy atom. The third-order valence-electron chi connectivity index (χ3n) is 3.63. The number of nitro groups is 1. The lowest BCUT2D eigenvalue weighted by molar-refractivity contribution is -0.385. The highest BCUT2D eigenvalue weighted by Crippen LogP contribution is 2.27. The van der Waals surface area contributed by atoms with Gasteiger partial charge in [0, 0.05) is 12.6 Å². The van der Waals surface area contributed by atoms with Crippen molar-refractivity contribution >= 4 is 17.5 Å². The number of anilines is 1. The molecule has 1 aromatic heterocycles. The van der Waals surface area contributed by atoms with Crippen molar-refractivity contribution in [3.05, 3.63) is 27.9 Å². The summed E-state index contributed by atoms with van der Waals surface area (Å²) in [6, 6.07) is 1.03. The highest BCUT2D eigenvalue weighted by Gasteiger charge is 2.18. The van der Waals surface area contributed by atoms with E-state index >= 15 is 0 Å². The number of carboxylic acid groups (broad SMARTS) is 1. The van der Waals surface area contributed by atoms with Gasteiger partial charge in [-0.3, -0.25) is 10.1 Å². The topological polar surface area (TPSA) is 105 Å². The number of nitrogens with zero attached hydrogens (tertiary/aromatic N) is 2. The van der Waals surface area contributed by atoms with E-state index in [2.05, 4.69) is 10.3 Å². The van der Waals surface area contributed by atoms with Crippen molar-refractivity contribution in [2.24, 2.45) is 5.92 Å². The van der Waals surface area contributed by atoms with Gasteiger partial charge in [0.25, 0.3) is 5.69 Å². The molecule has 0 unspecified atom stereocenters. The average Bonchev–Trinajstić information content (AvgIpc) is 2.91. The van der Waals surface area contributed by atoms with E-state index in [1.165, 1.54) is 25.7 Å². The smallest absolute Gasteiger partial charge is 0.339 e. The Hall–Kier alpha value is -2.18. The van der Waals surface area contributed by atoms with Crippen molar-refractivity contribution in [3.63, 3.8) is 0 Å². The minimum atomic E-state index is -1.22. The number of pyridine rings is 1. The van der Waals surface area contributed by atoms with Crippen molar-refractivity contribution in [1.82, 2.24) is 4.98 Å². The molecule has 0 aromatic carbocycles. The summed E-state index contributed by atoms with van der Waals surface area (Å²) in [5.74, 6) is -0.334. The third kappa shape index (κ3) is 3.43. The number of rotatable bonds is 6. The Bertz CT molecular complexity index is 512. The van der Waals surface area contributed by atoms with E-state index in [4.69, 9.17) is 5.11 Å². The average molecular weight is 279 g/mol. The summed E-state index contributed by atoms with van der Waals surface area (Å²) in [5, 5.41) is 22.7. The van der Waals surface area contributed by atoms with Gasteiger partial charge in [-0.2, -0.15) is 0 Å². The summed E-state index contributed by atoms with van der Waals surface area (Å²) in [7, 11) is 0. The van der Waals surface area contributed by atoms with Crippen LogP contribution in [-0.2, 0) is 0 Å². The summed E-state index contributed by atoms with van der Waals surface area (Å²) in [6.07, 6.45) is 7.02. The van der Waals surface area contributed by atoms with Crippen LogP contribution in [0.5, 0.6) is 0 Å². The SMILES string of the molecule is O=C(O)c1cc([N+](=O)[O-])cnc1NCCC1CCCC1. The molecule has 0 spiro atoms. The highest BCUT2D eigenvalue weighted by atomic mass is 16.6. The van der Waals surface area contributed by atoms with Gasteiger partial charge < -0.3 is 10.4 Å². The first-order chi connectivity index (χ1) is 9.58. The molecule has 1 fully saturated rings. The van der Waals surface area contributed by atoms with Crippen LogP contribution >= 0.6 is 0 Å². The monoisotopic (exact) mass is 279 g/mol. The fourth-order valence-electron chi connectivity index (χ4n) is 2.55. The lowest BCUT2D eigenvalue weighted by atomic mass is 10.0. The van der Waals surface area contributed by atoms with Crippen molar-refractivity contribution < 1.29 is 14.8 Å². The number of hydrogen-bond acceptors (Lipinski definition) is 5. The Morgan fingerprint density at radius 3 is 2.80 bits per heavy atom. The van der Waals surface area contributed by atoms with Crippen LogP contribution in [0.3, 0.4) is 0 Å². The second-order valence-electron chi connectivity index (χ2n) is 5.02. The molecule has 1 aliphatic carbocycles. The van der Waals surface area contributed by atoms with Crippen LogP contribution in [0.1, 0.15) is 42.5 Å². The summed E-state index contributed by atoms with van der Waals surface area (Å²) < 4.78 is 0. The normalized spacial score (nSPS) is 15.2. The van der Waals surface area contributed by atoms with E-state index in [0.717, 1.165) is 18.7 Å². The lowest BCUT2D eigenvalue weighted by Crippen LogP contribution is -2.12. The summed E-state index contributed by atoms with van der Waals surface area (Å²) >= 11 is 0. The van der Waals surface area contributed by atoms with E-state index in [9.17, 15) is 14.9 Å². The van der Waals surface area contributed by atoms with Crippen molar-refractivity contribution in [1.29, 1.82) is 0 Å². The quantitative estimate of drug-likeness (QED) is 0.612. The van der Waals surface area contributed by atoms with Gasteiger partial charge in [-0.1, -0.05) is 25.7 Å². The number of aromatic carboxylic acids is 1. The predicted octanol–water partition coefficient (Wildman–Crippen LogP) is 2.68. The third-order valence-corrected chi connectivity index (χ3v) is 3.63. The van der Waals surface area contributed by atoms with E-state index < -0.39 is 10.9 Å². The number of hydrogen-bond donors (Lipinski definition) is 2. The molecule has 0 aliphatic heterocycles. The maximum absolute atomic E-state index is 11.1. The second-order valence-corrected chi connectivity index (χ2v) is 5.02. The Balaban J connectivity index is 2.02. The molecule has 0 saturated heterocycles. The molecular weight excluding hydrogens is 262 g/mol. The van der Waals surface area contributed by atoms with Gasteiger partial charge in [0.05, 0.1) is 4.92 Å². The highest BCUT2D eigenvalue weighted by molar-refractivity contribution is 5.93. The Morgan fingerprint density at radius 2 is 2.20 bits per heavy atom. The van der Waals surface area contributed by atoms with Gasteiger partial charge in [-0.25, -0.2) is 9.78 Å². The molecule has 2 rings (SSSR count). The second kappa shape index (κ2) is 6.31. The predicted molar refractivity (Wildman–Crippen MR) is 72.9 cm³/mol. The van der Waals surface area contributed by atoms with Crippen LogP contribution in [0.4, 0.5) is 11.5 Å². The summed E-state index contributed by atoms with van der Waals surface area (Å²) in [6.45, 7) is 0.635. The van der Waals surface area contributed by atoms with Gasteiger partial charge in [0.15, 0.2) is 0 Å². The maximum atomic E-state index is 11.1. The van der Waals surface area contributed by atoms with Crippen molar-refractivity contribution in [2.75, 3.05) is 11.9 Å². The maximum Gasteiger partial charge on any atom is 0.339 e. The first-order valence-corrected chi connectivity index (χ1v) is 6.69. The zero-order valence-electron chi connectivity index (χ0n) is 11.0. The number of carboxylic acids is 1. The van der Waals surface area contributed by atoms with Crippen LogP contribution in [0.15, 0.2) is 12.3 Å². The van der Waals surface area contributed by atoms with E-state index in [1.54, 1.807) is 0 Å². The number of nitrogens with one attached hydrogen (secondary N) is 1. The Kier molecular flexibility index (Phi) is 4.49. The first-order valence-electron chi connectivity index (χ1n) is 6.69. The van der Waals surface area contributed by atoms with Gasteiger partial charge in [0.1, 0.15) is 17.6 Å². The van der Waals surface area contributed by atoms with E-state index in [0.29, 0.717) is 12.5 Å². The molecule has 2 N–H and O–H groups in total. The van der Waals surface area contributed by atoms with Crippen LogP contribution < -0.4 is 5.32 Å². The van der Waals surface area contributed by atoms with Crippen LogP contribution in [-0.4, -0.2) is 27.5 Å². The molecular formula is C13H17N3O4. The van der Waals surface area contributed by atoms with Crippen molar-refractivity contribution in [2.45, 2.75) is 32.1 Å². The number of aromatic nitrogens is 1.